The van der Waals surface area contributed by atoms with Gasteiger partial charge in [0.1, 0.15) is 0 Å². The van der Waals surface area contributed by atoms with Gasteiger partial charge in [-0.05, 0) is 36.5 Å². The quantitative estimate of drug-likeness (QED) is 0.692. The first-order chi connectivity index (χ1) is 13.0. The summed E-state index contributed by atoms with van der Waals surface area (Å²) in [6.45, 7) is 1.28. The first-order valence-corrected chi connectivity index (χ1v) is 10.1. The lowest BCUT2D eigenvalue weighted by molar-refractivity contribution is -0.133. The molecular formula is C22H24BrNO3. The number of rotatable bonds is 6. The van der Waals surface area contributed by atoms with Crippen molar-refractivity contribution in [3.05, 3.63) is 70.2 Å². The first-order valence-electron chi connectivity index (χ1n) is 9.34. The number of hydrogen-bond acceptors (Lipinski definition) is 3. The molecule has 0 radical (unpaired) electrons. The monoisotopic (exact) mass is 429 g/mol. The van der Waals surface area contributed by atoms with Crippen molar-refractivity contribution in [1.82, 2.24) is 4.90 Å². The molecule has 0 saturated carbocycles. The zero-order valence-corrected chi connectivity index (χ0v) is 16.8. The SMILES string of the molecule is O=C(CCC(=O)N1CCC(C(O)c2ccccc2)CC1)c1ccc(Br)cc1. The van der Waals surface area contributed by atoms with Gasteiger partial charge in [-0.1, -0.05) is 58.4 Å². The minimum Gasteiger partial charge on any atom is -0.388 e. The number of benzene rings is 2. The molecule has 1 aliphatic heterocycles. The number of carbonyl (C=O) groups excluding carboxylic acids is 2. The van der Waals surface area contributed by atoms with Crippen LogP contribution < -0.4 is 0 Å². The number of halogens is 1. The van der Waals surface area contributed by atoms with E-state index in [0.717, 1.165) is 22.9 Å². The smallest absolute Gasteiger partial charge is 0.223 e. The number of nitrogens with zero attached hydrogens (tertiary/aromatic N) is 1. The molecule has 1 heterocycles. The Morgan fingerprint density at radius 1 is 1.00 bits per heavy atom. The Morgan fingerprint density at radius 2 is 1.63 bits per heavy atom. The minimum atomic E-state index is -0.484. The summed E-state index contributed by atoms with van der Waals surface area (Å²) in [6, 6.07) is 16.9. The lowest BCUT2D eigenvalue weighted by atomic mass is 9.87. The normalized spacial score (nSPS) is 16.1. The van der Waals surface area contributed by atoms with Crippen LogP contribution in [0.15, 0.2) is 59.1 Å². The molecule has 1 amide bonds. The molecule has 1 fully saturated rings. The van der Waals surface area contributed by atoms with Crippen LogP contribution in [0.5, 0.6) is 0 Å². The molecule has 1 saturated heterocycles. The van der Waals surface area contributed by atoms with Crippen LogP contribution >= 0.6 is 15.9 Å². The molecule has 1 unspecified atom stereocenters. The van der Waals surface area contributed by atoms with Crippen LogP contribution in [0.2, 0.25) is 0 Å². The summed E-state index contributed by atoms with van der Waals surface area (Å²) in [5, 5.41) is 10.5. The van der Waals surface area contributed by atoms with E-state index in [0.29, 0.717) is 18.7 Å². The second-order valence-electron chi connectivity index (χ2n) is 7.00. The van der Waals surface area contributed by atoms with Gasteiger partial charge in [-0.3, -0.25) is 9.59 Å². The molecule has 0 bridgehead atoms. The van der Waals surface area contributed by atoms with Gasteiger partial charge in [0.15, 0.2) is 5.78 Å². The third-order valence-corrected chi connectivity index (χ3v) is 5.74. The predicted octanol–water partition coefficient (Wildman–Crippen LogP) is 4.38. The topological polar surface area (TPSA) is 57.6 Å². The summed E-state index contributed by atoms with van der Waals surface area (Å²) in [6.07, 6.45) is 1.54. The van der Waals surface area contributed by atoms with Gasteiger partial charge in [0.25, 0.3) is 0 Å². The second kappa shape index (κ2) is 9.29. The van der Waals surface area contributed by atoms with Crippen molar-refractivity contribution in [3.8, 4) is 0 Å². The number of aliphatic hydroxyl groups is 1. The Kier molecular flexibility index (Phi) is 6.80. The Labute approximate surface area is 168 Å². The molecule has 0 aliphatic carbocycles. The number of carbonyl (C=O) groups is 2. The summed E-state index contributed by atoms with van der Waals surface area (Å²) in [7, 11) is 0. The fourth-order valence-electron chi connectivity index (χ4n) is 3.55. The molecule has 1 atom stereocenters. The molecule has 5 heteroatoms. The maximum absolute atomic E-state index is 12.4. The third-order valence-electron chi connectivity index (χ3n) is 5.21. The van der Waals surface area contributed by atoms with Gasteiger partial charge < -0.3 is 10.0 Å². The first kappa shape index (κ1) is 19.8. The fourth-order valence-corrected chi connectivity index (χ4v) is 3.81. The highest BCUT2D eigenvalue weighted by Gasteiger charge is 2.28. The molecule has 4 nitrogen and oxygen atoms in total. The summed E-state index contributed by atoms with van der Waals surface area (Å²) >= 11 is 3.35. The van der Waals surface area contributed by atoms with Crippen LogP contribution in [0.4, 0.5) is 0 Å². The lowest BCUT2D eigenvalue weighted by Crippen LogP contribution is -2.39. The Bertz CT molecular complexity index is 768. The van der Waals surface area contributed by atoms with Crippen LogP contribution in [-0.4, -0.2) is 34.8 Å². The molecule has 0 spiro atoms. The number of aliphatic hydroxyl groups excluding tert-OH is 1. The lowest BCUT2D eigenvalue weighted by Gasteiger charge is -2.34. The predicted molar refractivity (Wildman–Crippen MR) is 108 cm³/mol. The third kappa shape index (κ3) is 5.27. The molecule has 1 N–H and O–H groups in total. The summed E-state index contributed by atoms with van der Waals surface area (Å²) in [4.78, 5) is 26.5. The zero-order valence-electron chi connectivity index (χ0n) is 15.2. The number of Topliss-reactive ketones (excluding diaryl/α,β-unsaturated/α-hetero) is 1. The van der Waals surface area contributed by atoms with Crippen LogP contribution in [0, 0.1) is 5.92 Å². The highest BCUT2D eigenvalue weighted by atomic mass is 79.9. The zero-order chi connectivity index (χ0) is 19.2. The summed E-state index contributed by atoms with van der Waals surface area (Å²) in [5.41, 5.74) is 1.57. The minimum absolute atomic E-state index is 0.00904. The van der Waals surface area contributed by atoms with Crippen molar-refractivity contribution in [2.75, 3.05) is 13.1 Å². The highest BCUT2D eigenvalue weighted by Crippen LogP contribution is 2.30. The van der Waals surface area contributed by atoms with Crippen molar-refractivity contribution in [2.45, 2.75) is 31.8 Å². The summed E-state index contributed by atoms with van der Waals surface area (Å²) < 4.78 is 0.927. The van der Waals surface area contributed by atoms with Crippen LogP contribution in [0.3, 0.4) is 0 Å². The van der Waals surface area contributed by atoms with Gasteiger partial charge in [-0.25, -0.2) is 0 Å². The molecule has 142 valence electrons. The van der Waals surface area contributed by atoms with Crippen LogP contribution in [0.1, 0.15) is 47.7 Å². The van der Waals surface area contributed by atoms with Crippen molar-refractivity contribution >= 4 is 27.6 Å². The van der Waals surface area contributed by atoms with E-state index in [1.165, 1.54) is 0 Å². The average molecular weight is 430 g/mol. The van der Waals surface area contributed by atoms with Crippen LogP contribution in [-0.2, 0) is 4.79 Å². The molecule has 2 aromatic rings. The van der Waals surface area contributed by atoms with Gasteiger partial charge in [-0.2, -0.15) is 0 Å². The summed E-state index contributed by atoms with van der Waals surface area (Å²) in [5.74, 6) is 0.180. The largest absolute Gasteiger partial charge is 0.388 e. The fraction of sp³-hybridized carbons (Fsp3) is 0.364. The maximum atomic E-state index is 12.4. The molecule has 27 heavy (non-hydrogen) atoms. The van der Waals surface area contributed by atoms with Crippen molar-refractivity contribution in [2.24, 2.45) is 5.92 Å². The standard InChI is InChI=1S/C22H24BrNO3/c23-19-8-6-16(7-9-19)20(25)10-11-21(26)24-14-12-18(13-15-24)22(27)17-4-2-1-3-5-17/h1-9,18,22,27H,10-15H2. The molecular weight excluding hydrogens is 406 g/mol. The van der Waals surface area contributed by atoms with E-state index in [9.17, 15) is 14.7 Å². The number of hydrogen-bond donors (Lipinski definition) is 1. The van der Waals surface area contributed by atoms with E-state index in [1.54, 1.807) is 12.1 Å². The average Bonchev–Trinajstić information content (AvgIpc) is 2.72. The maximum Gasteiger partial charge on any atom is 0.223 e. The van der Waals surface area contributed by atoms with Gasteiger partial charge in [0.2, 0.25) is 5.91 Å². The van der Waals surface area contributed by atoms with E-state index in [2.05, 4.69) is 15.9 Å². The number of amides is 1. The van der Waals surface area contributed by atoms with E-state index in [-0.39, 0.29) is 30.4 Å². The number of ketones is 1. The molecule has 3 rings (SSSR count). The van der Waals surface area contributed by atoms with E-state index >= 15 is 0 Å². The molecule has 1 aliphatic rings. The van der Waals surface area contributed by atoms with Crippen LogP contribution in [0.25, 0.3) is 0 Å². The number of likely N-dealkylation sites (tertiary alicyclic amines) is 1. The van der Waals surface area contributed by atoms with E-state index in [1.807, 2.05) is 47.4 Å². The van der Waals surface area contributed by atoms with E-state index in [4.69, 9.17) is 0 Å². The van der Waals surface area contributed by atoms with Gasteiger partial charge >= 0.3 is 0 Å². The Balaban J connectivity index is 1.46. The number of piperidine rings is 1. The highest BCUT2D eigenvalue weighted by molar-refractivity contribution is 9.10. The molecule has 2 aromatic carbocycles. The van der Waals surface area contributed by atoms with Crippen molar-refractivity contribution in [3.63, 3.8) is 0 Å². The van der Waals surface area contributed by atoms with Gasteiger partial charge in [0.05, 0.1) is 6.10 Å². The van der Waals surface area contributed by atoms with Crippen molar-refractivity contribution < 1.29 is 14.7 Å². The Hall–Kier alpha value is -1.98. The van der Waals surface area contributed by atoms with Crippen molar-refractivity contribution in [1.29, 1.82) is 0 Å². The second-order valence-corrected chi connectivity index (χ2v) is 7.92. The van der Waals surface area contributed by atoms with Gasteiger partial charge in [0, 0.05) is 36.0 Å². The van der Waals surface area contributed by atoms with E-state index < -0.39 is 6.10 Å². The Morgan fingerprint density at radius 3 is 2.26 bits per heavy atom. The van der Waals surface area contributed by atoms with Gasteiger partial charge in [-0.15, -0.1) is 0 Å². The molecule has 0 aromatic heterocycles.